The maximum Gasteiger partial charge on any atom is 0.326 e. The molecule has 24 heavy (non-hydrogen) atoms. The number of phenolic OH excluding ortho intramolecular Hbond substituents is 1. The van der Waals surface area contributed by atoms with Crippen LogP contribution in [-0.2, 0) is 14.3 Å². The third kappa shape index (κ3) is 4.23. The number of hydrogen-bond donors (Lipinski definition) is 1. The number of aromatic hydroxyl groups is 1. The zero-order chi connectivity index (χ0) is 18.0. The molecule has 0 bridgehead atoms. The molecule has 9 heteroatoms. The predicted octanol–water partition coefficient (Wildman–Crippen LogP) is 3.69. The number of rotatable bonds is 4. The number of imide groups is 1. The summed E-state index contributed by atoms with van der Waals surface area (Å²) in [5.74, 6) is -1.53. The molecule has 0 spiro atoms. The van der Waals surface area contributed by atoms with E-state index in [0.717, 1.165) is 4.90 Å². The molecule has 0 unspecified atom stereocenters. The molecule has 0 saturated carbocycles. The van der Waals surface area contributed by atoms with Crippen molar-refractivity contribution < 1.29 is 24.2 Å². The van der Waals surface area contributed by atoms with Crippen LogP contribution in [0.25, 0.3) is 6.08 Å². The SMILES string of the molecule is CC(C)OC(=O)CN1C(=O)S/C(=C\c2cc(Cl)c(O)c(Cl)c2)C1=O. The van der Waals surface area contributed by atoms with E-state index in [1.807, 2.05) is 0 Å². The van der Waals surface area contributed by atoms with Crippen LogP contribution in [-0.4, -0.2) is 39.8 Å². The van der Waals surface area contributed by atoms with Gasteiger partial charge in [0.1, 0.15) is 6.54 Å². The van der Waals surface area contributed by atoms with Crippen LogP contribution in [0.5, 0.6) is 5.75 Å². The average Bonchev–Trinajstić information content (AvgIpc) is 2.71. The Morgan fingerprint density at radius 2 is 1.92 bits per heavy atom. The molecule has 1 aromatic rings. The van der Waals surface area contributed by atoms with Crippen molar-refractivity contribution >= 4 is 58.2 Å². The molecule has 1 saturated heterocycles. The molecule has 0 atom stereocenters. The number of halogens is 2. The molecule has 1 aliphatic heterocycles. The average molecular weight is 390 g/mol. The topological polar surface area (TPSA) is 83.9 Å². The smallest absolute Gasteiger partial charge is 0.326 e. The number of esters is 1. The number of carbonyl (C=O) groups excluding carboxylic acids is 3. The maximum absolute atomic E-state index is 12.3. The molecule has 1 aromatic carbocycles. The fraction of sp³-hybridized carbons (Fsp3) is 0.267. The van der Waals surface area contributed by atoms with Gasteiger partial charge in [-0.05, 0) is 49.4 Å². The first-order chi connectivity index (χ1) is 11.2. The Balaban J connectivity index is 2.20. The lowest BCUT2D eigenvalue weighted by molar-refractivity contribution is -0.149. The van der Waals surface area contributed by atoms with Gasteiger partial charge in [-0.2, -0.15) is 0 Å². The van der Waals surface area contributed by atoms with Crippen molar-refractivity contribution in [2.24, 2.45) is 0 Å². The number of carbonyl (C=O) groups is 3. The van der Waals surface area contributed by atoms with E-state index in [1.54, 1.807) is 13.8 Å². The van der Waals surface area contributed by atoms with E-state index in [9.17, 15) is 19.5 Å². The second kappa shape index (κ2) is 7.46. The first kappa shape index (κ1) is 18.6. The summed E-state index contributed by atoms with van der Waals surface area (Å²) in [5, 5.41) is 9.01. The van der Waals surface area contributed by atoms with Crippen LogP contribution in [0.3, 0.4) is 0 Å². The molecule has 1 fully saturated rings. The monoisotopic (exact) mass is 389 g/mol. The van der Waals surface area contributed by atoms with Gasteiger partial charge in [-0.25, -0.2) is 0 Å². The third-order valence-corrected chi connectivity index (χ3v) is 4.35. The van der Waals surface area contributed by atoms with Gasteiger partial charge in [0.25, 0.3) is 11.1 Å². The summed E-state index contributed by atoms with van der Waals surface area (Å²) in [6.07, 6.45) is 1.07. The maximum atomic E-state index is 12.3. The van der Waals surface area contributed by atoms with E-state index < -0.39 is 23.7 Å². The predicted molar refractivity (Wildman–Crippen MR) is 92.0 cm³/mol. The molecule has 128 valence electrons. The molecule has 6 nitrogen and oxygen atoms in total. The van der Waals surface area contributed by atoms with Crippen LogP contribution in [0, 0.1) is 0 Å². The van der Waals surface area contributed by atoms with Gasteiger partial charge < -0.3 is 9.84 Å². The Hall–Kier alpha value is -1.70. The first-order valence-corrected chi connectivity index (χ1v) is 8.39. The lowest BCUT2D eigenvalue weighted by Gasteiger charge is -2.13. The van der Waals surface area contributed by atoms with Crippen LogP contribution >= 0.6 is 35.0 Å². The Morgan fingerprint density at radius 1 is 1.33 bits per heavy atom. The molecule has 0 aromatic heterocycles. The van der Waals surface area contributed by atoms with Crippen LogP contribution < -0.4 is 0 Å². The summed E-state index contributed by atoms with van der Waals surface area (Å²) >= 11 is 12.3. The molecule has 0 radical (unpaired) electrons. The summed E-state index contributed by atoms with van der Waals surface area (Å²) in [5.41, 5.74) is 0.443. The van der Waals surface area contributed by atoms with Gasteiger partial charge in [0.2, 0.25) is 0 Å². The van der Waals surface area contributed by atoms with E-state index in [4.69, 9.17) is 27.9 Å². The van der Waals surface area contributed by atoms with Gasteiger partial charge >= 0.3 is 5.97 Å². The van der Waals surface area contributed by atoms with Crippen LogP contribution in [0.4, 0.5) is 4.79 Å². The van der Waals surface area contributed by atoms with Crippen molar-refractivity contribution in [2.45, 2.75) is 20.0 Å². The highest BCUT2D eigenvalue weighted by Crippen LogP contribution is 2.36. The van der Waals surface area contributed by atoms with Gasteiger partial charge in [-0.1, -0.05) is 23.2 Å². The summed E-state index contributed by atoms with van der Waals surface area (Å²) in [6, 6.07) is 2.81. The highest BCUT2D eigenvalue weighted by molar-refractivity contribution is 8.18. The summed E-state index contributed by atoms with van der Waals surface area (Å²) in [4.78, 5) is 36.8. The van der Waals surface area contributed by atoms with Crippen LogP contribution in [0.15, 0.2) is 17.0 Å². The fourth-order valence-electron chi connectivity index (χ4n) is 1.89. The van der Waals surface area contributed by atoms with Crippen molar-refractivity contribution in [3.05, 3.63) is 32.6 Å². The van der Waals surface area contributed by atoms with Gasteiger partial charge in [0.05, 0.1) is 21.1 Å². The molecule has 1 heterocycles. The zero-order valence-corrected chi connectivity index (χ0v) is 15.0. The number of benzene rings is 1. The molecule has 1 N–H and O–H groups in total. The van der Waals surface area contributed by atoms with Gasteiger partial charge in [0.15, 0.2) is 5.75 Å². The van der Waals surface area contributed by atoms with Gasteiger partial charge in [-0.15, -0.1) is 0 Å². The molecular weight excluding hydrogens is 377 g/mol. The second-order valence-corrected chi connectivity index (χ2v) is 6.95. The number of amides is 2. The van der Waals surface area contributed by atoms with Crippen LogP contribution in [0.2, 0.25) is 10.0 Å². The van der Waals surface area contributed by atoms with Gasteiger partial charge in [-0.3, -0.25) is 19.3 Å². The van der Waals surface area contributed by atoms with E-state index in [1.165, 1.54) is 18.2 Å². The van der Waals surface area contributed by atoms with Crippen molar-refractivity contribution in [3.8, 4) is 5.75 Å². The molecule has 0 aliphatic carbocycles. The Kier molecular flexibility index (Phi) is 5.79. The number of thioether (sulfide) groups is 1. The highest BCUT2D eigenvalue weighted by Gasteiger charge is 2.36. The normalized spacial score (nSPS) is 16.4. The van der Waals surface area contributed by atoms with E-state index in [0.29, 0.717) is 17.3 Å². The van der Waals surface area contributed by atoms with Crippen molar-refractivity contribution in [1.82, 2.24) is 4.90 Å². The van der Waals surface area contributed by atoms with Crippen LogP contribution in [0.1, 0.15) is 19.4 Å². The minimum absolute atomic E-state index is 0.0217. The lowest BCUT2D eigenvalue weighted by atomic mass is 10.2. The zero-order valence-electron chi connectivity index (χ0n) is 12.7. The number of nitrogens with zero attached hydrogens (tertiary/aromatic N) is 1. The lowest BCUT2D eigenvalue weighted by Crippen LogP contribution is -2.35. The van der Waals surface area contributed by atoms with E-state index >= 15 is 0 Å². The summed E-state index contributed by atoms with van der Waals surface area (Å²) in [6.45, 7) is 2.89. The number of phenols is 1. The van der Waals surface area contributed by atoms with Crippen molar-refractivity contribution in [1.29, 1.82) is 0 Å². The van der Waals surface area contributed by atoms with Gasteiger partial charge in [0, 0.05) is 0 Å². The highest BCUT2D eigenvalue weighted by atomic mass is 35.5. The molecular formula is C15H13Cl2NO5S. The van der Waals surface area contributed by atoms with E-state index in [2.05, 4.69) is 0 Å². The van der Waals surface area contributed by atoms with E-state index in [-0.39, 0.29) is 26.8 Å². The first-order valence-electron chi connectivity index (χ1n) is 6.82. The summed E-state index contributed by atoms with van der Waals surface area (Å²) < 4.78 is 4.93. The van der Waals surface area contributed by atoms with Crippen molar-refractivity contribution in [2.75, 3.05) is 6.54 Å². The minimum Gasteiger partial charge on any atom is -0.505 e. The minimum atomic E-state index is -0.663. The fourth-order valence-corrected chi connectivity index (χ4v) is 3.23. The molecule has 2 rings (SSSR count). The Morgan fingerprint density at radius 3 is 2.46 bits per heavy atom. The standard InChI is InChI=1S/C15H13Cl2NO5S/c1-7(2)23-12(19)6-18-14(21)11(24-15(18)22)5-8-3-9(16)13(20)10(17)4-8/h3-5,7,20H,6H2,1-2H3/b11-5-. The quantitative estimate of drug-likeness (QED) is 0.624. The Labute approximate surface area is 152 Å². The number of hydrogen-bond acceptors (Lipinski definition) is 6. The molecule has 2 amide bonds. The molecule has 1 aliphatic rings. The third-order valence-electron chi connectivity index (χ3n) is 2.86. The number of ether oxygens (including phenoxy) is 1. The van der Waals surface area contributed by atoms with Crippen molar-refractivity contribution in [3.63, 3.8) is 0 Å². The second-order valence-electron chi connectivity index (χ2n) is 5.14. The summed E-state index contributed by atoms with van der Waals surface area (Å²) in [7, 11) is 0. The largest absolute Gasteiger partial charge is 0.505 e. The Bertz CT molecular complexity index is 724.